The number of halogens is 2. The SMILES string of the molecule is CC(C)(C)c1cc(CCC(O)CN2CCN(CCCC(c3ccc(F)cc3)c3ccc(F)cc3)CC2)cc(C(C)(C)C)c1O. The van der Waals surface area contributed by atoms with E-state index >= 15 is 0 Å². The molecule has 1 fully saturated rings. The largest absolute Gasteiger partial charge is 0.507 e. The van der Waals surface area contributed by atoms with Crippen LogP contribution in [0.3, 0.4) is 0 Å². The molecule has 1 unspecified atom stereocenters. The van der Waals surface area contributed by atoms with E-state index in [0.29, 0.717) is 18.7 Å². The first-order valence-corrected chi connectivity index (χ1v) is 16.2. The van der Waals surface area contributed by atoms with Crippen molar-refractivity contribution >= 4 is 0 Å². The molecule has 4 nitrogen and oxygen atoms in total. The standard InChI is InChI=1S/C38H52F2N2O2/c1-37(2,3)34-24-27(25-35(36(34)44)38(4,5)6)9-18-32(43)26-42-22-20-41(21-23-42)19-7-8-33(28-10-14-30(39)15-11-28)29-12-16-31(40)17-13-29/h10-17,24-25,32-33,43-44H,7-9,18-23,26H2,1-6H3. The van der Waals surface area contributed by atoms with Gasteiger partial charge in [-0.15, -0.1) is 0 Å². The molecule has 44 heavy (non-hydrogen) atoms. The van der Waals surface area contributed by atoms with Crippen LogP contribution < -0.4 is 0 Å². The molecule has 240 valence electrons. The molecule has 0 bridgehead atoms. The monoisotopic (exact) mass is 606 g/mol. The second-order valence-corrected chi connectivity index (χ2v) is 14.7. The highest BCUT2D eigenvalue weighted by molar-refractivity contribution is 5.50. The summed E-state index contributed by atoms with van der Waals surface area (Å²) in [6.45, 7) is 18.2. The molecule has 0 aliphatic carbocycles. The van der Waals surface area contributed by atoms with Gasteiger partial charge in [-0.2, -0.15) is 0 Å². The predicted molar refractivity (Wildman–Crippen MR) is 177 cm³/mol. The normalized spacial score (nSPS) is 16.0. The minimum absolute atomic E-state index is 0.0974. The zero-order valence-corrected chi connectivity index (χ0v) is 27.5. The minimum atomic E-state index is -0.404. The second-order valence-electron chi connectivity index (χ2n) is 14.7. The van der Waals surface area contributed by atoms with Gasteiger partial charge in [0.1, 0.15) is 17.4 Å². The number of benzene rings is 3. The second kappa shape index (κ2) is 14.5. The molecule has 4 rings (SSSR count). The average molecular weight is 607 g/mol. The smallest absolute Gasteiger partial charge is 0.123 e. The first kappa shape index (κ1) is 34.1. The number of phenolic OH excluding ortho intramolecular Hbond substituents is 1. The number of aryl methyl sites for hydroxylation is 1. The quantitative estimate of drug-likeness (QED) is 0.234. The molecule has 1 aliphatic heterocycles. The fraction of sp³-hybridized carbons (Fsp3) is 0.526. The first-order chi connectivity index (χ1) is 20.7. The van der Waals surface area contributed by atoms with Gasteiger partial charge in [0.2, 0.25) is 0 Å². The number of piperazine rings is 1. The third-order valence-electron chi connectivity index (χ3n) is 9.00. The van der Waals surface area contributed by atoms with Crippen LogP contribution in [0.1, 0.15) is 94.5 Å². The van der Waals surface area contributed by atoms with Gasteiger partial charge < -0.3 is 15.1 Å². The lowest BCUT2D eigenvalue weighted by atomic mass is 9.78. The highest BCUT2D eigenvalue weighted by atomic mass is 19.1. The molecule has 0 radical (unpaired) electrons. The van der Waals surface area contributed by atoms with Crippen LogP contribution in [0.25, 0.3) is 0 Å². The lowest BCUT2D eigenvalue weighted by Gasteiger charge is -2.36. The maximum Gasteiger partial charge on any atom is 0.123 e. The first-order valence-electron chi connectivity index (χ1n) is 16.2. The van der Waals surface area contributed by atoms with Crippen molar-refractivity contribution in [1.29, 1.82) is 0 Å². The Morgan fingerprint density at radius 3 is 1.61 bits per heavy atom. The van der Waals surface area contributed by atoms with E-state index in [-0.39, 0.29) is 28.4 Å². The van der Waals surface area contributed by atoms with Crippen LogP contribution in [0.15, 0.2) is 60.7 Å². The number of β-amino-alcohol motifs (C(OH)–C–C–N with tert-alkyl or cyclic N) is 1. The van der Waals surface area contributed by atoms with Gasteiger partial charge in [0.05, 0.1) is 6.10 Å². The van der Waals surface area contributed by atoms with Gasteiger partial charge in [-0.05, 0) is 95.1 Å². The summed E-state index contributed by atoms with van der Waals surface area (Å²) in [4.78, 5) is 4.84. The van der Waals surface area contributed by atoms with Crippen LogP contribution in [-0.4, -0.2) is 65.4 Å². The molecule has 0 aromatic heterocycles. The Morgan fingerprint density at radius 1 is 0.705 bits per heavy atom. The van der Waals surface area contributed by atoms with Crippen molar-refractivity contribution in [3.63, 3.8) is 0 Å². The zero-order valence-electron chi connectivity index (χ0n) is 27.5. The Kier molecular flexibility index (Phi) is 11.3. The fourth-order valence-corrected chi connectivity index (χ4v) is 6.34. The molecule has 2 N–H and O–H groups in total. The summed E-state index contributed by atoms with van der Waals surface area (Å²) in [5, 5.41) is 22.0. The summed E-state index contributed by atoms with van der Waals surface area (Å²) in [5.74, 6) is -0.00707. The maximum absolute atomic E-state index is 13.6. The van der Waals surface area contributed by atoms with Gasteiger partial charge in [-0.1, -0.05) is 77.9 Å². The summed E-state index contributed by atoms with van der Waals surface area (Å²) in [6, 6.07) is 17.6. The summed E-state index contributed by atoms with van der Waals surface area (Å²) in [7, 11) is 0. The number of hydrogen-bond acceptors (Lipinski definition) is 4. The number of nitrogens with zero attached hydrogens (tertiary/aromatic N) is 2. The highest BCUT2D eigenvalue weighted by Gasteiger charge is 2.27. The summed E-state index contributed by atoms with van der Waals surface area (Å²) < 4.78 is 27.1. The zero-order chi connectivity index (χ0) is 32.1. The molecule has 1 saturated heterocycles. The molecular formula is C38H52F2N2O2. The number of rotatable bonds is 11. The number of hydrogen-bond donors (Lipinski definition) is 2. The van der Waals surface area contributed by atoms with E-state index in [1.807, 2.05) is 24.3 Å². The molecule has 3 aromatic rings. The topological polar surface area (TPSA) is 46.9 Å². The van der Waals surface area contributed by atoms with Crippen molar-refractivity contribution in [3.8, 4) is 5.75 Å². The average Bonchev–Trinajstić information content (AvgIpc) is 2.96. The van der Waals surface area contributed by atoms with E-state index in [1.165, 1.54) is 29.8 Å². The third kappa shape index (κ3) is 9.35. The van der Waals surface area contributed by atoms with Gasteiger partial charge in [0.25, 0.3) is 0 Å². The van der Waals surface area contributed by atoms with Crippen molar-refractivity contribution in [2.75, 3.05) is 39.3 Å². The number of phenols is 1. The summed E-state index contributed by atoms with van der Waals surface area (Å²) >= 11 is 0. The predicted octanol–water partition coefficient (Wildman–Crippen LogP) is 7.79. The van der Waals surface area contributed by atoms with E-state index < -0.39 is 6.10 Å². The van der Waals surface area contributed by atoms with Crippen molar-refractivity contribution < 1.29 is 19.0 Å². The Hall–Kier alpha value is -2.80. The molecule has 3 aromatic carbocycles. The van der Waals surface area contributed by atoms with Gasteiger partial charge in [-0.25, -0.2) is 8.78 Å². The lowest BCUT2D eigenvalue weighted by Crippen LogP contribution is -2.48. The van der Waals surface area contributed by atoms with E-state index in [2.05, 4.69) is 63.5 Å². The van der Waals surface area contributed by atoms with E-state index in [4.69, 9.17) is 0 Å². The summed E-state index contributed by atoms with van der Waals surface area (Å²) in [6.07, 6.45) is 2.95. The molecule has 0 amide bonds. The lowest BCUT2D eigenvalue weighted by molar-refractivity contribution is 0.0683. The van der Waals surface area contributed by atoms with Crippen molar-refractivity contribution in [1.82, 2.24) is 9.80 Å². The van der Waals surface area contributed by atoms with E-state index in [9.17, 15) is 19.0 Å². The minimum Gasteiger partial charge on any atom is -0.507 e. The van der Waals surface area contributed by atoms with E-state index in [0.717, 1.165) is 74.2 Å². The summed E-state index contributed by atoms with van der Waals surface area (Å²) in [5.41, 5.74) is 4.87. The van der Waals surface area contributed by atoms with Crippen LogP contribution in [0, 0.1) is 11.6 Å². The molecule has 1 aliphatic rings. The van der Waals surface area contributed by atoms with Crippen LogP contribution >= 0.6 is 0 Å². The Morgan fingerprint density at radius 2 is 1.16 bits per heavy atom. The number of aromatic hydroxyl groups is 1. The molecule has 6 heteroatoms. The van der Waals surface area contributed by atoms with Crippen molar-refractivity contribution in [2.24, 2.45) is 0 Å². The van der Waals surface area contributed by atoms with Crippen molar-refractivity contribution in [2.45, 2.75) is 90.1 Å². The Bertz CT molecular complexity index is 1250. The van der Waals surface area contributed by atoms with Crippen LogP contribution in [0.4, 0.5) is 8.78 Å². The molecule has 0 spiro atoms. The molecular weight excluding hydrogens is 554 g/mol. The van der Waals surface area contributed by atoms with E-state index in [1.54, 1.807) is 0 Å². The van der Waals surface area contributed by atoms with Gasteiger partial charge in [0.15, 0.2) is 0 Å². The van der Waals surface area contributed by atoms with Crippen LogP contribution in [0.2, 0.25) is 0 Å². The van der Waals surface area contributed by atoms with Gasteiger partial charge in [0, 0.05) is 38.6 Å². The number of aliphatic hydroxyl groups excluding tert-OH is 1. The molecule has 0 saturated carbocycles. The fourth-order valence-electron chi connectivity index (χ4n) is 6.34. The van der Waals surface area contributed by atoms with Gasteiger partial charge >= 0.3 is 0 Å². The Balaban J connectivity index is 1.25. The van der Waals surface area contributed by atoms with Gasteiger partial charge in [-0.3, -0.25) is 4.90 Å². The maximum atomic E-state index is 13.6. The number of aliphatic hydroxyl groups is 1. The molecule has 1 atom stereocenters. The van der Waals surface area contributed by atoms with Crippen LogP contribution in [-0.2, 0) is 17.3 Å². The third-order valence-corrected chi connectivity index (χ3v) is 9.00. The Labute approximate surface area is 263 Å². The molecule has 1 heterocycles. The van der Waals surface area contributed by atoms with Crippen molar-refractivity contribution in [3.05, 3.63) is 100 Å². The highest BCUT2D eigenvalue weighted by Crippen LogP contribution is 2.40. The van der Waals surface area contributed by atoms with Crippen LogP contribution in [0.5, 0.6) is 5.75 Å².